The number of para-hydroxylation sites is 3. The van der Waals surface area contributed by atoms with Crippen LogP contribution in [-0.2, 0) is 0 Å². The average molecular weight is 673 g/mol. The Bertz CT molecular complexity index is 3110. The lowest BCUT2D eigenvalue weighted by molar-refractivity contribution is 1.17. The summed E-state index contributed by atoms with van der Waals surface area (Å²) in [7, 11) is 0. The molecule has 0 N–H and O–H groups in total. The first-order valence-electron chi connectivity index (χ1n) is 16.9. The number of benzene rings is 8. The quantitative estimate of drug-likeness (QED) is 0.181. The molecule has 50 heavy (non-hydrogen) atoms. The van der Waals surface area contributed by atoms with Crippen molar-refractivity contribution in [1.29, 1.82) is 0 Å². The molecule has 0 saturated heterocycles. The van der Waals surface area contributed by atoms with Gasteiger partial charge in [-0.15, -0.1) is 22.7 Å². The standard InChI is InChI=1S/C46H28N2S2/c1-2-14-30(15-3-1)48-38-21-9-6-17-33(38)35-20-12-22-39(45(35)48)47(31-25-26-43-37(28-31)34-18-7-10-23-41(34)49-43)40-27-29-13-4-5-16-32(29)46-44(40)36-19-8-11-24-42(36)50-46/h1-28H. The Labute approximate surface area is 296 Å². The fourth-order valence-corrected chi connectivity index (χ4v) is 10.3. The van der Waals surface area contributed by atoms with Crippen molar-refractivity contribution < 1.29 is 0 Å². The van der Waals surface area contributed by atoms with E-state index in [9.17, 15) is 0 Å². The van der Waals surface area contributed by atoms with Crippen molar-refractivity contribution >= 4 is 113 Å². The van der Waals surface area contributed by atoms with Crippen molar-refractivity contribution in [2.45, 2.75) is 0 Å². The molecule has 0 saturated carbocycles. The van der Waals surface area contributed by atoms with Crippen LogP contribution in [0.1, 0.15) is 0 Å². The number of thiophene rings is 2. The van der Waals surface area contributed by atoms with Crippen LogP contribution < -0.4 is 4.90 Å². The first-order valence-corrected chi connectivity index (χ1v) is 18.6. The highest BCUT2D eigenvalue weighted by molar-refractivity contribution is 7.27. The predicted molar refractivity (Wildman–Crippen MR) is 219 cm³/mol. The van der Waals surface area contributed by atoms with Crippen molar-refractivity contribution in [2.75, 3.05) is 4.90 Å². The Kier molecular flexibility index (Phi) is 6.03. The molecular formula is C46H28N2S2. The monoisotopic (exact) mass is 672 g/mol. The molecule has 2 nitrogen and oxygen atoms in total. The maximum atomic E-state index is 2.54. The summed E-state index contributed by atoms with van der Waals surface area (Å²) in [5, 5.41) is 10.2. The molecule has 3 heterocycles. The first-order chi connectivity index (χ1) is 24.8. The van der Waals surface area contributed by atoms with Gasteiger partial charge in [0.25, 0.3) is 0 Å². The van der Waals surface area contributed by atoms with Gasteiger partial charge in [0.15, 0.2) is 0 Å². The zero-order valence-electron chi connectivity index (χ0n) is 26.9. The molecule has 0 bridgehead atoms. The van der Waals surface area contributed by atoms with Gasteiger partial charge in [0, 0.05) is 62.5 Å². The second-order valence-electron chi connectivity index (χ2n) is 12.9. The van der Waals surface area contributed by atoms with E-state index in [4.69, 9.17) is 0 Å². The van der Waals surface area contributed by atoms with Crippen LogP contribution in [0.15, 0.2) is 170 Å². The predicted octanol–water partition coefficient (Wildman–Crippen LogP) is 14.1. The molecular weight excluding hydrogens is 645 g/mol. The van der Waals surface area contributed by atoms with Crippen molar-refractivity contribution in [3.63, 3.8) is 0 Å². The van der Waals surface area contributed by atoms with Gasteiger partial charge in [-0.3, -0.25) is 0 Å². The van der Waals surface area contributed by atoms with Gasteiger partial charge >= 0.3 is 0 Å². The summed E-state index contributed by atoms with van der Waals surface area (Å²) in [6, 6.07) is 62.5. The smallest absolute Gasteiger partial charge is 0.0782 e. The first kappa shape index (κ1) is 28.0. The topological polar surface area (TPSA) is 8.17 Å². The lowest BCUT2D eigenvalue weighted by atomic mass is 10.0. The number of rotatable bonds is 4. The van der Waals surface area contributed by atoms with Gasteiger partial charge in [0.2, 0.25) is 0 Å². The third kappa shape index (κ3) is 4.01. The van der Waals surface area contributed by atoms with Gasteiger partial charge in [-0.2, -0.15) is 0 Å². The number of nitrogens with zero attached hydrogens (tertiary/aromatic N) is 2. The average Bonchev–Trinajstić information content (AvgIpc) is 3.86. The molecule has 4 heteroatoms. The highest BCUT2D eigenvalue weighted by Crippen LogP contribution is 2.51. The zero-order chi connectivity index (χ0) is 32.8. The largest absolute Gasteiger partial charge is 0.308 e. The van der Waals surface area contributed by atoms with Crippen LogP contribution in [0.4, 0.5) is 17.1 Å². The molecule has 0 amide bonds. The van der Waals surface area contributed by atoms with Gasteiger partial charge in [-0.1, -0.05) is 109 Å². The minimum absolute atomic E-state index is 1.14. The van der Waals surface area contributed by atoms with Crippen LogP contribution in [0.2, 0.25) is 0 Å². The van der Waals surface area contributed by atoms with Gasteiger partial charge in [0.05, 0.1) is 22.4 Å². The van der Waals surface area contributed by atoms with Gasteiger partial charge in [-0.25, -0.2) is 0 Å². The van der Waals surface area contributed by atoms with Crippen molar-refractivity contribution in [1.82, 2.24) is 4.57 Å². The fraction of sp³-hybridized carbons (Fsp3) is 0. The Morgan fingerprint density at radius 2 is 1.08 bits per heavy atom. The molecule has 3 aromatic heterocycles. The molecule has 0 unspecified atom stereocenters. The Morgan fingerprint density at radius 3 is 1.94 bits per heavy atom. The summed E-state index contributed by atoms with van der Waals surface area (Å²) in [6.07, 6.45) is 0. The molecule has 0 aliphatic rings. The summed E-state index contributed by atoms with van der Waals surface area (Å²) in [5.41, 5.74) is 7.02. The van der Waals surface area contributed by atoms with Crippen LogP contribution >= 0.6 is 22.7 Å². The summed E-state index contributed by atoms with van der Waals surface area (Å²) < 4.78 is 7.69. The molecule has 0 aliphatic heterocycles. The summed E-state index contributed by atoms with van der Waals surface area (Å²) in [5.74, 6) is 0. The van der Waals surface area contributed by atoms with E-state index in [1.165, 1.54) is 78.6 Å². The number of fused-ring (bicyclic) bond motifs is 11. The molecule has 11 aromatic rings. The minimum atomic E-state index is 1.14. The fourth-order valence-electron chi connectivity index (χ4n) is 8.00. The van der Waals surface area contributed by atoms with Crippen LogP contribution in [0.25, 0.3) is 78.6 Å². The molecule has 0 radical (unpaired) electrons. The van der Waals surface area contributed by atoms with Gasteiger partial charge in [0.1, 0.15) is 0 Å². The van der Waals surface area contributed by atoms with E-state index in [2.05, 4.69) is 179 Å². The third-order valence-electron chi connectivity index (χ3n) is 10.1. The number of hydrogen-bond acceptors (Lipinski definition) is 3. The molecule has 234 valence electrons. The summed E-state index contributed by atoms with van der Waals surface area (Å²) in [6.45, 7) is 0. The number of aromatic nitrogens is 1. The second-order valence-corrected chi connectivity index (χ2v) is 15.0. The van der Waals surface area contributed by atoms with E-state index < -0.39 is 0 Å². The highest BCUT2D eigenvalue weighted by atomic mass is 32.1. The lowest BCUT2D eigenvalue weighted by Crippen LogP contribution is -2.12. The van der Waals surface area contributed by atoms with Crippen LogP contribution in [0.3, 0.4) is 0 Å². The summed E-state index contributed by atoms with van der Waals surface area (Å²) >= 11 is 3.76. The maximum absolute atomic E-state index is 2.54. The van der Waals surface area contributed by atoms with E-state index in [1.54, 1.807) is 0 Å². The van der Waals surface area contributed by atoms with E-state index >= 15 is 0 Å². The Morgan fingerprint density at radius 1 is 0.420 bits per heavy atom. The van der Waals surface area contributed by atoms with Crippen molar-refractivity contribution in [3.05, 3.63) is 170 Å². The zero-order valence-corrected chi connectivity index (χ0v) is 28.5. The SMILES string of the molecule is c1ccc(-n2c3ccccc3c3cccc(N(c4ccc5sc6ccccc6c5c4)c4cc5ccccc5c5sc6ccccc6c45)c32)cc1. The van der Waals surface area contributed by atoms with Gasteiger partial charge < -0.3 is 9.47 Å². The van der Waals surface area contributed by atoms with Crippen molar-refractivity contribution in [2.24, 2.45) is 0 Å². The second kappa shape index (κ2) is 10.8. The Hall–Kier alpha value is -5.94. The lowest BCUT2D eigenvalue weighted by Gasteiger charge is -2.28. The molecule has 11 rings (SSSR count). The Balaban J connectivity index is 1.33. The van der Waals surface area contributed by atoms with E-state index in [1.807, 2.05) is 22.7 Å². The van der Waals surface area contributed by atoms with Crippen LogP contribution in [-0.4, -0.2) is 4.57 Å². The van der Waals surface area contributed by atoms with Gasteiger partial charge in [-0.05, 0) is 71.4 Å². The van der Waals surface area contributed by atoms with Crippen molar-refractivity contribution in [3.8, 4) is 5.69 Å². The number of hydrogen-bond donors (Lipinski definition) is 0. The van der Waals surface area contributed by atoms with E-state index in [0.717, 1.165) is 17.1 Å². The number of anilines is 3. The molecule has 0 aliphatic carbocycles. The van der Waals surface area contributed by atoms with Crippen LogP contribution in [0, 0.1) is 0 Å². The van der Waals surface area contributed by atoms with E-state index in [0.29, 0.717) is 0 Å². The molecule has 0 atom stereocenters. The summed E-state index contributed by atoms with van der Waals surface area (Å²) in [4.78, 5) is 2.54. The minimum Gasteiger partial charge on any atom is -0.308 e. The molecule has 0 fully saturated rings. The highest BCUT2D eigenvalue weighted by Gasteiger charge is 2.25. The molecule has 8 aromatic carbocycles. The third-order valence-corrected chi connectivity index (χ3v) is 12.5. The normalized spacial score (nSPS) is 12.0. The van der Waals surface area contributed by atoms with E-state index in [-0.39, 0.29) is 0 Å². The maximum Gasteiger partial charge on any atom is 0.0782 e. The molecule has 0 spiro atoms. The van der Waals surface area contributed by atoms with Crippen LogP contribution in [0.5, 0.6) is 0 Å².